The minimum absolute atomic E-state index is 0.0831. The zero-order valence-electron chi connectivity index (χ0n) is 18.4. The highest BCUT2D eigenvalue weighted by atomic mass is 16.5. The van der Waals surface area contributed by atoms with Crippen molar-refractivity contribution in [2.24, 2.45) is 0 Å². The van der Waals surface area contributed by atoms with Gasteiger partial charge in [0.25, 0.3) is 5.91 Å². The number of aromatic nitrogens is 3. The Hall–Kier alpha value is -4.00. The molecule has 1 N–H and O–H groups in total. The second-order valence-corrected chi connectivity index (χ2v) is 7.82. The molecule has 0 bridgehead atoms. The minimum Gasteiger partial charge on any atom is -0.465 e. The Kier molecular flexibility index (Phi) is 5.73. The monoisotopic (exact) mass is 428 g/mol. The van der Waals surface area contributed by atoms with Crippen LogP contribution in [0.25, 0.3) is 22.3 Å². The van der Waals surface area contributed by atoms with Gasteiger partial charge in [-0.3, -0.25) is 4.79 Å². The maximum Gasteiger partial charge on any atom is 0.337 e. The molecule has 4 rings (SSSR count). The fourth-order valence-electron chi connectivity index (χ4n) is 3.62. The Morgan fingerprint density at radius 2 is 1.84 bits per heavy atom. The first-order valence-corrected chi connectivity index (χ1v) is 10.3. The van der Waals surface area contributed by atoms with Crippen LogP contribution in [0.3, 0.4) is 0 Å². The van der Waals surface area contributed by atoms with Crippen LogP contribution < -0.4 is 5.32 Å². The molecule has 0 unspecified atom stereocenters. The van der Waals surface area contributed by atoms with Crippen LogP contribution in [0.4, 0.5) is 5.69 Å². The van der Waals surface area contributed by atoms with Gasteiger partial charge in [0, 0.05) is 17.3 Å². The number of carbonyl (C=O) groups is 2. The van der Waals surface area contributed by atoms with Crippen molar-refractivity contribution in [2.75, 3.05) is 12.4 Å². The third kappa shape index (κ3) is 3.97. The zero-order chi connectivity index (χ0) is 22.8. The van der Waals surface area contributed by atoms with E-state index in [0.717, 1.165) is 11.1 Å². The SMILES string of the molecule is COC(=O)c1cccc(NC(=O)c2cc(-c3ccccc3C)nc3c2cnn3C(C)C)c1. The van der Waals surface area contributed by atoms with E-state index in [9.17, 15) is 9.59 Å². The van der Waals surface area contributed by atoms with Crippen molar-refractivity contribution < 1.29 is 14.3 Å². The van der Waals surface area contributed by atoms with Gasteiger partial charge in [-0.25, -0.2) is 14.5 Å². The van der Waals surface area contributed by atoms with Gasteiger partial charge in [-0.15, -0.1) is 0 Å². The van der Waals surface area contributed by atoms with Crippen LogP contribution in [0.15, 0.2) is 60.8 Å². The Morgan fingerprint density at radius 3 is 2.56 bits per heavy atom. The summed E-state index contributed by atoms with van der Waals surface area (Å²) in [6, 6.07) is 16.4. The number of hydrogen-bond donors (Lipinski definition) is 1. The van der Waals surface area contributed by atoms with Gasteiger partial charge < -0.3 is 10.1 Å². The van der Waals surface area contributed by atoms with Gasteiger partial charge in [0.05, 0.1) is 35.5 Å². The lowest BCUT2D eigenvalue weighted by atomic mass is 10.0. The lowest BCUT2D eigenvalue weighted by molar-refractivity contribution is 0.0600. The molecule has 1 amide bonds. The highest BCUT2D eigenvalue weighted by Gasteiger charge is 2.19. The third-order valence-electron chi connectivity index (χ3n) is 5.26. The van der Waals surface area contributed by atoms with E-state index >= 15 is 0 Å². The summed E-state index contributed by atoms with van der Waals surface area (Å²) < 4.78 is 6.58. The Balaban J connectivity index is 1.82. The summed E-state index contributed by atoms with van der Waals surface area (Å²) in [6.45, 7) is 6.05. The normalized spacial score (nSPS) is 11.0. The number of methoxy groups -OCH3 is 1. The average molecular weight is 428 g/mol. The first kappa shape index (κ1) is 21.2. The Bertz CT molecular complexity index is 1320. The summed E-state index contributed by atoms with van der Waals surface area (Å²) in [5, 5.41) is 8.02. The van der Waals surface area contributed by atoms with E-state index in [2.05, 4.69) is 10.4 Å². The molecular weight excluding hydrogens is 404 g/mol. The van der Waals surface area contributed by atoms with Crippen molar-refractivity contribution in [3.63, 3.8) is 0 Å². The number of pyridine rings is 1. The first-order chi connectivity index (χ1) is 15.4. The molecule has 0 saturated carbocycles. The summed E-state index contributed by atoms with van der Waals surface area (Å²) in [4.78, 5) is 30.0. The summed E-state index contributed by atoms with van der Waals surface area (Å²) in [5.74, 6) is -0.773. The third-order valence-corrected chi connectivity index (χ3v) is 5.26. The first-order valence-electron chi connectivity index (χ1n) is 10.3. The van der Waals surface area contributed by atoms with Crippen LogP contribution in [0.2, 0.25) is 0 Å². The molecule has 0 radical (unpaired) electrons. The molecule has 7 nitrogen and oxygen atoms in total. The number of nitrogens with zero attached hydrogens (tertiary/aromatic N) is 3. The number of hydrogen-bond acceptors (Lipinski definition) is 5. The Labute approximate surface area is 186 Å². The van der Waals surface area contributed by atoms with Crippen LogP contribution in [-0.2, 0) is 4.74 Å². The fourth-order valence-corrected chi connectivity index (χ4v) is 3.62. The Morgan fingerprint density at radius 1 is 1.06 bits per heavy atom. The van der Waals surface area contributed by atoms with Gasteiger partial charge in [-0.05, 0) is 50.6 Å². The summed E-state index contributed by atoms with van der Waals surface area (Å²) >= 11 is 0. The molecule has 0 atom stereocenters. The highest BCUT2D eigenvalue weighted by molar-refractivity contribution is 6.13. The van der Waals surface area contributed by atoms with Gasteiger partial charge >= 0.3 is 5.97 Å². The average Bonchev–Trinajstić information content (AvgIpc) is 3.22. The number of anilines is 1. The van der Waals surface area contributed by atoms with E-state index in [1.807, 2.05) is 49.7 Å². The molecule has 0 aliphatic carbocycles. The number of carbonyl (C=O) groups excluding carboxylic acids is 2. The maximum atomic E-state index is 13.3. The van der Waals surface area contributed by atoms with Gasteiger partial charge in [0.2, 0.25) is 0 Å². The second-order valence-electron chi connectivity index (χ2n) is 7.82. The number of benzene rings is 2. The van der Waals surface area contributed by atoms with Crippen molar-refractivity contribution >= 4 is 28.6 Å². The number of aryl methyl sites for hydroxylation is 1. The number of nitrogens with one attached hydrogen (secondary N) is 1. The maximum absolute atomic E-state index is 13.3. The fraction of sp³-hybridized carbons (Fsp3) is 0.200. The van der Waals surface area contributed by atoms with Crippen molar-refractivity contribution in [3.05, 3.63) is 77.5 Å². The number of amides is 1. The molecule has 162 valence electrons. The van der Waals surface area contributed by atoms with Gasteiger partial charge in [0.1, 0.15) is 0 Å². The van der Waals surface area contributed by atoms with E-state index in [-0.39, 0.29) is 11.9 Å². The molecule has 0 spiro atoms. The molecule has 2 heterocycles. The minimum atomic E-state index is -0.465. The van der Waals surface area contributed by atoms with Gasteiger partial charge in [0.15, 0.2) is 5.65 Å². The molecule has 0 fully saturated rings. The summed E-state index contributed by atoms with van der Waals surface area (Å²) in [7, 11) is 1.32. The quantitative estimate of drug-likeness (QED) is 0.451. The van der Waals surface area contributed by atoms with Gasteiger partial charge in [-0.1, -0.05) is 30.3 Å². The van der Waals surface area contributed by atoms with Gasteiger partial charge in [-0.2, -0.15) is 5.10 Å². The smallest absolute Gasteiger partial charge is 0.337 e. The van der Waals surface area contributed by atoms with E-state index < -0.39 is 5.97 Å². The van der Waals surface area contributed by atoms with E-state index in [0.29, 0.717) is 33.5 Å². The zero-order valence-corrected chi connectivity index (χ0v) is 18.4. The highest BCUT2D eigenvalue weighted by Crippen LogP contribution is 2.28. The molecule has 2 aromatic carbocycles. The molecular formula is C25H24N4O3. The predicted molar refractivity (Wildman–Crippen MR) is 124 cm³/mol. The number of esters is 1. The largest absolute Gasteiger partial charge is 0.465 e. The van der Waals surface area contributed by atoms with Crippen LogP contribution in [-0.4, -0.2) is 33.8 Å². The predicted octanol–water partition coefficient (Wildman–Crippen LogP) is 5.03. The molecule has 2 aromatic heterocycles. The molecule has 0 aliphatic heterocycles. The second kappa shape index (κ2) is 8.63. The van der Waals surface area contributed by atoms with Crippen molar-refractivity contribution in [3.8, 4) is 11.3 Å². The lowest BCUT2D eigenvalue weighted by Crippen LogP contribution is -2.14. The van der Waals surface area contributed by atoms with E-state index in [1.54, 1.807) is 36.5 Å². The molecule has 7 heteroatoms. The standard InChI is InChI=1S/C25H24N4O3/c1-15(2)29-23-21(14-26-29)20(13-22(28-23)19-11-6-5-8-16(19)3)24(30)27-18-10-7-9-17(12-18)25(31)32-4/h5-15H,1-4H3,(H,27,30). The van der Waals surface area contributed by atoms with E-state index in [1.165, 1.54) is 7.11 Å². The van der Waals surface area contributed by atoms with Crippen LogP contribution in [0, 0.1) is 6.92 Å². The van der Waals surface area contributed by atoms with Crippen LogP contribution >= 0.6 is 0 Å². The number of fused-ring (bicyclic) bond motifs is 1. The van der Waals surface area contributed by atoms with E-state index in [4.69, 9.17) is 9.72 Å². The van der Waals surface area contributed by atoms with Crippen molar-refractivity contribution in [2.45, 2.75) is 26.8 Å². The molecule has 32 heavy (non-hydrogen) atoms. The van der Waals surface area contributed by atoms with Crippen LogP contribution in [0.5, 0.6) is 0 Å². The molecule has 0 saturated heterocycles. The molecule has 4 aromatic rings. The number of ether oxygens (including phenoxy) is 1. The van der Waals surface area contributed by atoms with Crippen LogP contribution in [0.1, 0.15) is 46.2 Å². The van der Waals surface area contributed by atoms with Crippen molar-refractivity contribution in [1.82, 2.24) is 14.8 Å². The lowest BCUT2D eigenvalue weighted by Gasteiger charge is -2.12. The summed E-state index contributed by atoms with van der Waals surface area (Å²) in [5.41, 5.74) is 4.68. The summed E-state index contributed by atoms with van der Waals surface area (Å²) in [6.07, 6.45) is 1.67. The number of rotatable bonds is 5. The molecule has 0 aliphatic rings. The topological polar surface area (TPSA) is 86.1 Å². The van der Waals surface area contributed by atoms with Crippen molar-refractivity contribution in [1.29, 1.82) is 0 Å².